The van der Waals surface area contributed by atoms with Crippen molar-refractivity contribution in [3.63, 3.8) is 0 Å². The fraction of sp³-hybridized carbons (Fsp3) is 0.538. The molecule has 0 aliphatic carbocycles. The molecular formula is C13H17Cl2NO. The van der Waals surface area contributed by atoms with Gasteiger partial charge in [0.1, 0.15) is 0 Å². The minimum atomic E-state index is 0.360. The molecule has 1 aliphatic rings. The van der Waals surface area contributed by atoms with Gasteiger partial charge >= 0.3 is 0 Å². The Kier molecular flexibility index (Phi) is 5.11. The highest BCUT2D eigenvalue weighted by atomic mass is 35.5. The summed E-state index contributed by atoms with van der Waals surface area (Å²) in [6.45, 7) is 2.57. The van der Waals surface area contributed by atoms with E-state index in [4.69, 9.17) is 27.9 Å². The van der Waals surface area contributed by atoms with Crippen LogP contribution in [0.1, 0.15) is 24.8 Å². The predicted octanol–water partition coefficient (Wildman–Crippen LogP) is 3.65. The standard InChI is InChI=1S/C13H17Cl2NO/c14-11-5-10(6-12(15)7-11)8-16-9-13-3-1-2-4-17-13/h5-7,13,16H,1-4,8-9H2. The Morgan fingerprint density at radius 1 is 1.18 bits per heavy atom. The van der Waals surface area contributed by atoms with Crippen molar-refractivity contribution in [2.75, 3.05) is 13.2 Å². The molecule has 0 aromatic heterocycles. The smallest absolute Gasteiger partial charge is 0.0699 e. The maximum Gasteiger partial charge on any atom is 0.0699 e. The van der Waals surface area contributed by atoms with Crippen LogP contribution >= 0.6 is 23.2 Å². The monoisotopic (exact) mass is 273 g/mol. The molecular weight excluding hydrogens is 257 g/mol. The summed E-state index contributed by atoms with van der Waals surface area (Å²) in [5.74, 6) is 0. The van der Waals surface area contributed by atoms with Gasteiger partial charge in [-0.15, -0.1) is 0 Å². The summed E-state index contributed by atoms with van der Waals surface area (Å²) in [6, 6.07) is 5.61. The number of benzene rings is 1. The van der Waals surface area contributed by atoms with Gasteiger partial charge in [0.25, 0.3) is 0 Å². The zero-order valence-corrected chi connectivity index (χ0v) is 11.2. The fourth-order valence-electron chi connectivity index (χ4n) is 2.06. The normalized spacial score (nSPS) is 20.5. The first-order valence-corrected chi connectivity index (χ1v) is 6.77. The van der Waals surface area contributed by atoms with Crippen molar-refractivity contribution in [3.8, 4) is 0 Å². The topological polar surface area (TPSA) is 21.3 Å². The molecule has 2 nitrogen and oxygen atoms in total. The first kappa shape index (κ1) is 13.2. The van der Waals surface area contributed by atoms with Crippen LogP contribution in [0.2, 0.25) is 10.0 Å². The SMILES string of the molecule is Clc1cc(Cl)cc(CNCC2CCCCO2)c1. The van der Waals surface area contributed by atoms with Gasteiger partial charge < -0.3 is 10.1 Å². The first-order valence-electron chi connectivity index (χ1n) is 6.01. The van der Waals surface area contributed by atoms with E-state index >= 15 is 0 Å². The van der Waals surface area contributed by atoms with E-state index in [-0.39, 0.29) is 0 Å². The number of halogens is 2. The highest BCUT2D eigenvalue weighted by molar-refractivity contribution is 6.34. The second kappa shape index (κ2) is 6.60. The minimum absolute atomic E-state index is 0.360. The average molecular weight is 274 g/mol. The van der Waals surface area contributed by atoms with Crippen LogP contribution in [-0.2, 0) is 11.3 Å². The maximum atomic E-state index is 5.94. The molecule has 1 fully saturated rings. The number of hydrogen-bond acceptors (Lipinski definition) is 2. The van der Waals surface area contributed by atoms with Crippen LogP contribution in [0.3, 0.4) is 0 Å². The summed E-state index contributed by atoms with van der Waals surface area (Å²) in [7, 11) is 0. The lowest BCUT2D eigenvalue weighted by atomic mass is 10.1. The highest BCUT2D eigenvalue weighted by Gasteiger charge is 2.12. The van der Waals surface area contributed by atoms with E-state index in [2.05, 4.69) is 5.32 Å². The van der Waals surface area contributed by atoms with E-state index in [9.17, 15) is 0 Å². The third-order valence-electron chi connectivity index (χ3n) is 2.90. The maximum absolute atomic E-state index is 5.94. The molecule has 4 heteroatoms. The van der Waals surface area contributed by atoms with E-state index in [1.54, 1.807) is 6.07 Å². The van der Waals surface area contributed by atoms with E-state index in [1.165, 1.54) is 12.8 Å². The van der Waals surface area contributed by atoms with Crippen LogP contribution in [-0.4, -0.2) is 19.3 Å². The summed E-state index contributed by atoms with van der Waals surface area (Å²) < 4.78 is 5.65. The lowest BCUT2D eigenvalue weighted by Crippen LogP contribution is -2.31. The summed E-state index contributed by atoms with van der Waals surface area (Å²) in [4.78, 5) is 0. The van der Waals surface area contributed by atoms with Crippen molar-refractivity contribution in [3.05, 3.63) is 33.8 Å². The number of rotatable bonds is 4. The van der Waals surface area contributed by atoms with Gasteiger partial charge in [0, 0.05) is 29.7 Å². The van der Waals surface area contributed by atoms with E-state index in [0.717, 1.165) is 31.7 Å². The van der Waals surface area contributed by atoms with E-state index in [1.807, 2.05) is 12.1 Å². The first-order chi connectivity index (χ1) is 8.24. The number of ether oxygens (including phenoxy) is 1. The number of hydrogen-bond donors (Lipinski definition) is 1. The summed E-state index contributed by atoms with van der Waals surface area (Å²) in [6.07, 6.45) is 3.98. The molecule has 0 spiro atoms. The molecule has 1 unspecified atom stereocenters. The lowest BCUT2D eigenvalue weighted by molar-refractivity contribution is 0.0168. The lowest BCUT2D eigenvalue weighted by Gasteiger charge is -2.22. The van der Waals surface area contributed by atoms with Crippen LogP contribution in [0.4, 0.5) is 0 Å². The molecule has 0 saturated carbocycles. The van der Waals surface area contributed by atoms with Crippen molar-refractivity contribution in [1.29, 1.82) is 0 Å². The van der Waals surface area contributed by atoms with Crippen molar-refractivity contribution in [2.24, 2.45) is 0 Å². The predicted molar refractivity (Wildman–Crippen MR) is 71.8 cm³/mol. The molecule has 1 atom stereocenters. The molecule has 0 amide bonds. The molecule has 2 rings (SSSR count). The van der Waals surface area contributed by atoms with Crippen LogP contribution in [0.5, 0.6) is 0 Å². The number of nitrogens with one attached hydrogen (secondary N) is 1. The molecule has 17 heavy (non-hydrogen) atoms. The largest absolute Gasteiger partial charge is 0.377 e. The van der Waals surface area contributed by atoms with Crippen LogP contribution in [0.25, 0.3) is 0 Å². The van der Waals surface area contributed by atoms with E-state index in [0.29, 0.717) is 16.1 Å². The molecule has 1 N–H and O–H groups in total. The van der Waals surface area contributed by atoms with Crippen molar-refractivity contribution in [2.45, 2.75) is 31.9 Å². The Bertz CT molecular complexity index is 344. The third-order valence-corrected chi connectivity index (χ3v) is 3.33. The van der Waals surface area contributed by atoms with Gasteiger partial charge in [0.05, 0.1) is 6.10 Å². The molecule has 1 aliphatic heterocycles. The quantitative estimate of drug-likeness (QED) is 0.904. The van der Waals surface area contributed by atoms with Gasteiger partial charge in [-0.25, -0.2) is 0 Å². The van der Waals surface area contributed by atoms with Crippen molar-refractivity contribution in [1.82, 2.24) is 5.32 Å². The summed E-state index contributed by atoms with van der Waals surface area (Å²) in [5, 5.41) is 4.75. The Morgan fingerprint density at radius 2 is 1.94 bits per heavy atom. The van der Waals surface area contributed by atoms with Crippen molar-refractivity contribution >= 4 is 23.2 Å². The molecule has 1 saturated heterocycles. The Hall–Kier alpha value is -0.280. The minimum Gasteiger partial charge on any atom is -0.377 e. The molecule has 0 bridgehead atoms. The van der Waals surface area contributed by atoms with Gasteiger partial charge in [-0.3, -0.25) is 0 Å². The van der Waals surface area contributed by atoms with Gasteiger partial charge in [0.15, 0.2) is 0 Å². The zero-order valence-electron chi connectivity index (χ0n) is 9.72. The highest BCUT2D eigenvalue weighted by Crippen LogP contribution is 2.19. The van der Waals surface area contributed by atoms with Gasteiger partial charge in [-0.1, -0.05) is 23.2 Å². The Morgan fingerprint density at radius 3 is 2.59 bits per heavy atom. The molecule has 0 radical (unpaired) electrons. The van der Waals surface area contributed by atoms with Crippen LogP contribution < -0.4 is 5.32 Å². The van der Waals surface area contributed by atoms with Gasteiger partial charge in [0.2, 0.25) is 0 Å². The van der Waals surface area contributed by atoms with Gasteiger partial charge in [-0.2, -0.15) is 0 Å². The van der Waals surface area contributed by atoms with Crippen LogP contribution in [0, 0.1) is 0 Å². The Labute approximate surface area is 112 Å². The molecule has 1 aromatic rings. The van der Waals surface area contributed by atoms with Crippen LogP contribution in [0.15, 0.2) is 18.2 Å². The third kappa shape index (κ3) is 4.47. The fourth-order valence-corrected chi connectivity index (χ4v) is 2.63. The van der Waals surface area contributed by atoms with E-state index < -0.39 is 0 Å². The summed E-state index contributed by atoms with van der Waals surface area (Å²) >= 11 is 11.9. The van der Waals surface area contributed by atoms with Crippen molar-refractivity contribution < 1.29 is 4.74 Å². The molecule has 1 heterocycles. The second-order valence-corrected chi connectivity index (χ2v) is 5.27. The second-order valence-electron chi connectivity index (χ2n) is 4.40. The zero-order chi connectivity index (χ0) is 12.1. The molecule has 1 aromatic carbocycles. The Balaban J connectivity index is 1.77. The van der Waals surface area contributed by atoms with Gasteiger partial charge in [-0.05, 0) is 43.0 Å². The average Bonchev–Trinajstić information content (AvgIpc) is 2.29. The molecule has 94 valence electrons. The summed E-state index contributed by atoms with van der Waals surface area (Å²) in [5.41, 5.74) is 1.11.